The zero-order chi connectivity index (χ0) is 15.7. The number of hydrogen-bond acceptors (Lipinski definition) is 3. The summed E-state index contributed by atoms with van der Waals surface area (Å²) in [5.74, 6) is -0.246. The largest absolute Gasteiger partial charge is 0.340 e. The van der Waals surface area contributed by atoms with E-state index in [1.807, 2.05) is 38.1 Å². The van der Waals surface area contributed by atoms with Gasteiger partial charge in [0, 0.05) is 30.4 Å². The van der Waals surface area contributed by atoms with Crippen LogP contribution in [0.3, 0.4) is 0 Å². The predicted molar refractivity (Wildman–Crippen MR) is 84.5 cm³/mol. The molecule has 5 heteroatoms. The minimum absolute atomic E-state index is 0.00320. The molecule has 2 amide bonds. The molecule has 1 unspecified atom stereocenters. The van der Waals surface area contributed by atoms with Crippen LogP contribution in [0.4, 0.5) is 0 Å². The number of fused-ring (bicyclic) bond motifs is 1. The number of nitrogens with one attached hydrogen (secondary N) is 1. The van der Waals surface area contributed by atoms with E-state index in [9.17, 15) is 9.59 Å². The molecule has 2 aromatic rings. The van der Waals surface area contributed by atoms with Gasteiger partial charge < -0.3 is 10.2 Å². The lowest BCUT2D eigenvalue weighted by Crippen LogP contribution is -2.43. The molecule has 1 fully saturated rings. The molecule has 0 bridgehead atoms. The highest BCUT2D eigenvalue weighted by atomic mass is 16.2. The topological polar surface area (TPSA) is 62.3 Å². The van der Waals surface area contributed by atoms with Crippen molar-refractivity contribution < 1.29 is 9.59 Å². The number of likely N-dealkylation sites (tertiary alicyclic amines) is 1. The van der Waals surface area contributed by atoms with Crippen molar-refractivity contribution in [2.24, 2.45) is 0 Å². The summed E-state index contributed by atoms with van der Waals surface area (Å²) >= 11 is 0. The average molecular weight is 297 g/mol. The van der Waals surface area contributed by atoms with Gasteiger partial charge in [-0.2, -0.15) is 0 Å². The summed E-state index contributed by atoms with van der Waals surface area (Å²) in [7, 11) is 0. The van der Waals surface area contributed by atoms with Crippen molar-refractivity contribution in [1.29, 1.82) is 0 Å². The SMILES string of the molecule is CC(C)N1CCC(NC(=O)c2cncc3ccccc23)C1=O. The summed E-state index contributed by atoms with van der Waals surface area (Å²) in [6, 6.07) is 7.33. The van der Waals surface area contributed by atoms with E-state index in [-0.39, 0.29) is 17.9 Å². The summed E-state index contributed by atoms with van der Waals surface area (Å²) in [4.78, 5) is 30.7. The number of nitrogens with zero attached hydrogens (tertiary/aromatic N) is 2. The second-order valence-corrected chi connectivity index (χ2v) is 5.85. The Morgan fingerprint density at radius 3 is 2.82 bits per heavy atom. The summed E-state index contributed by atoms with van der Waals surface area (Å²) in [5.41, 5.74) is 0.508. The van der Waals surface area contributed by atoms with Crippen molar-refractivity contribution in [2.75, 3.05) is 6.54 Å². The molecular formula is C17H19N3O2. The van der Waals surface area contributed by atoms with Gasteiger partial charge in [-0.05, 0) is 25.7 Å². The van der Waals surface area contributed by atoms with E-state index < -0.39 is 6.04 Å². The van der Waals surface area contributed by atoms with Crippen LogP contribution in [-0.2, 0) is 4.79 Å². The molecule has 3 rings (SSSR count). The van der Waals surface area contributed by atoms with Gasteiger partial charge in [0.25, 0.3) is 5.91 Å². The van der Waals surface area contributed by atoms with Crippen LogP contribution < -0.4 is 5.32 Å². The third-order valence-electron chi connectivity index (χ3n) is 4.08. The van der Waals surface area contributed by atoms with Crippen LogP contribution >= 0.6 is 0 Å². The van der Waals surface area contributed by atoms with Gasteiger partial charge in [-0.3, -0.25) is 14.6 Å². The number of hydrogen-bond donors (Lipinski definition) is 1. The number of carbonyl (C=O) groups is 2. The Labute approximate surface area is 129 Å². The van der Waals surface area contributed by atoms with E-state index in [4.69, 9.17) is 0 Å². The second kappa shape index (κ2) is 5.75. The lowest BCUT2D eigenvalue weighted by Gasteiger charge is -2.21. The molecule has 0 saturated carbocycles. The molecule has 22 heavy (non-hydrogen) atoms. The van der Waals surface area contributed by atoms with Crippen LogP contribution in [0.25, 0.3) is 10.8 Å². The molecule has 0 spiro atoms. The number of pyridine rings is 1. The minimum Gasteiger partial charge on any atom is -0.340 e. The fourth-order valence-corrected chi connectivity index (χ4v) is 2.88. The van der Waals surface area contributed by atoms with Crippen molar-refractivity contribution >= 4 is 22.6 Å². The highest BCUT2D eigenvalue weighted by Crippen LogP contribution is 2.19. The van der Waals surface area contributed by atoms with E-state index in [2.05, 4.69) is 10.3 Å². The highest BCUT2D eigenvalue weighted by molar-refractivity contribution is 6.07. The average Bonchev–Trinajstić information content (AvgIpc) is 2.88. The molecule has 1 aromatic heterocycles. The van der Waals surface area contributed by atoms with Crippen LogP contribution in [0.1, 0.15) is 30.6 Å². The normalized spacial score (nSPS) is 18.2. The van der Waals surface area contributed by atoms with Gasteiger partial charge in [0.15, 0.2) is 0 Å². The van der Waals surface area contributed by atoms with Crippen LogP contribution in [0.5, 0.6) is 0 Å². The molecule has 0 radical (unpaired) electrons. The molecule has 0 aliphatic carbocycles. The molecule has 1 aromatic carbocycles. The molecule has 2 heterocycles. The van der Waals surface area contributed by atoms with Crippen molar-refractivity contribution in [3.63, 3.8) is 0 Å². The summed E-state index contributed by atoms with van der Waals surface area (Å²) in [6.45, 7) is 4.66. The van der Waals surface area contributed by atoms with Crippen LogP contribution in [0.2, 0.25) is 0 Å². The molecule has 1 saturated heterocycles. The molecule has 1 aliphatic rings. The van der Waals surface area contributed by atoms with Gasteiger partial charge in [-0.15, -0.1) is 0 Å². The first-order valence-corrected chi connectivity index (χ1v) is 7.52. The van der Waals surface area contributed by atoms with E-state index in [0.717, 1.165) is 10.8 Å². The zero-order valence-electron chi connectivity index (χ0n) is 12.7. The first-order valence-electron chi connectivity index (χ1n) is 7.52. The van der Waals surface area contributed by atoms with E-state index in [1.54, 1.807) is 17.3 Å². The molecular weight excluding hydrogens is 278 g/mol. The monoisotopic (exact) mass is 297 g/mol. The Morgan fingerprint density at radius 1 is 1.32 bits per heavy atom. The van der Waals surface area contributed by atoms with Gasteiger partial charge in [0.2, 0.25) is 5.91 Å². The van der Waals surface area contributed by atoms with Gasteiger partial charge in [-0.25, -0.2) is 0 Å². The lowest BCUT2D eigenvalue weighted by molar-refractivity contribution is -0.130. The Balaban J connectivity index is 1.81. The first-order chi connectivity index (χ1) is 10.6. The van der Waals surface area contributed by atoms with Gasteiger partial charge >= 0.3 is 0 Å². The van der Waals surface area contributed by atoms with Crippen molar-refractivity contribution in [3.8, 4) is 0 Å². The Bertz CT molecular complexity index is 721. The third kappa shape index (κ3) is 2.54. The smallest absolute Gasteiger partial charge is 0.254 e. The van der Waals surface area contributed by atoms with E-state index in [1.165, 1.54) is 0 Å². The van der Waals surface area contributed by atoms with Crippen molar-refractivity contribution in [1.82, 2.24) is 15.2 Å². The fraction of sp³-hybridized carbons (Fsp3) is 0.353. The number of amides is 2. The highest BCUT2D eigenvalue weighted by Gasteiger charge is 2.34. The van der Waals surface area contributed by atoms with E-state index >= 15 is 0 Å². The predicted octanol–water partition coefficient (Wildman–Crippen LogP) is 1.97. The minimum atomic E-state index is -0.436. The van der Waals surface area contributed by atoms with Crippen LogP contribution in [0.15, 0.2) is 36.7 Å². The Hall–Kier alpha value is -2.43. The summed E-state index contributed by atoms with van der Waals surface area (Å²) < 4.78 is 0. The summed E-state index contributed by atoms with van der Waals surface area (Å²) in [6.07, 6.45) is 3.94. The first kappa shape index (κ1) is 14.5. The van der Waals surface area contributed by atoms with Crippen molar-refractivity contribution in [2.45, 2.75) is 32.4 Å². The Kier molecular flexibility index (Phi) is 3.79. The second-order valence-electron chi connectivity index (χ2n) is 5.85. The maximum absolute atomic E-state index is 12.5. The van der Waals surface area contributed by atoms with Crippen LogP contribution in [0, 0.1) is 0 Å². The maximum atomic E-state index is 12.5. The zero-order valence-corrected chi connectivity index (χ0v) is 12.7. The van der Waals surface area contributed by atoms with Gasteiger partial charge in [0.1, 0.15) is 6.04 Å². The van der Waals surface area contributed by atoms with Crippen molar-refractivity contribution in [3.05, 3.63) is 42.2 Å². The molecule has 1 aliphatic heterocycles. The number of aromatic nitrogens is 1. The van der Waals surface area contributed by atoms with Gasteiger partial charge in [0.05, 0.1) is 5.56 Å². The molecule has 1 atom stereocenters. The maximum Gasteiger partial charge on any atom is 0.254 e. The number of carbonyl (C=O) groups excluding carboxylic acids is 2. The number of rotatable bonds is 3. The van der Waals surface area contributed by atoms with Crippen LogP contribution in [-0.4, -0.2) is 40.3 Å². The van der Waals surface area contributed by atoms with Gasteiger partial charge in [-0.1, -0.05) is 24.3 Å². The molecule has 5 nitrogen and oxygen atoms in total. The standard InChI is InChI=1S/C17H19N3O2/c1-11(2)20-8-7-15(17(20)22)19-16(21)14-10-18-9-12-5-3-4-6-13(12)14/h3-6,9-11,15H,7-8H2,1-2H3,(H,19,21). The third-order valence-corrected chi connectivity index (χ3v) is 4.08. The molecule has 1 N–H and O–H groups in total. The van der Waals surface area contributed by atoms with E-state index in [0.29, 0.717) is 18.5 Å². The quantitative estimate of drug-likeness (QED) is 0.942. The number of benzene rings is 1. The Morgan fingerprint density at radius 2 is 2.09 bits per heavy atom. The lowest BCUT2D eigenvalue weighted by atomic mass is 10.1. The summed E-state index contributed by atoms with van der Waals surface area (Å²) in [5, 5.41) is 4.61. The molecule has 114 valence electrons. The fourth-order valence-electron chi connectivity index (χ4n) is 2.88.